The summed E-state index contributed by atoms with van der Waals surface area (Å²) >= 11 is 0. The minimum absolute atomic E-state index is 0.145. The number of hydrogen-bond donors (Lipinski definition) is 1. The van der Waals surface area contributed by atoms with Crippen LogP contribution in [-0.4, -0.2) is 60.8 Å². The summed E-state index contributed by atoms with van der Waals surface area (Å²) in [6.07, 6.45) is 2.79. The van der Waals surface area contributed by atoms with E-state index < -0.39 is 0 Å². The molecule has 0 aromatic heterocycles. The van der Waals surface area contributed by atoms with E-state index in [0.29, 0.717) is 11.5 Å². The first kappa shape index (κ1) is 14.9. The summed E-state index contributed by atoms with van der Waals surface area (Å²) in [5.74, 6) is 0. The molecular weight excluding hydrogens is 212 g/mol. The fourth-order valence-electron chi connectivity index (χ4n) is 2.39. The van der Waals surface area contributed by atoms with Gasteiger partial charge in [-0.05, 0) is 38.8 Å². The summed E-state index contributed by atoms with van der Waals surface area (Å²) in [6.45, 7) is 10.1. The van der Waals surface area contributed by atoms with Gasteiger partial charge in [0.25, 0.3) is 0 Å². The quantitative estimate of drug-likeness (QED) is 0.814. The molecule has 3 nitrogen and oxygen atoms in total. The van der Waals surface area contributed by atoms with Crippen LogP contribution >= 0.6 is 0 Å². The molecular formula is C14H30N2O. The second-order valence-electron chi connectivity index (χ2n) is 6.89. The summed E-state index contributed by atoms with van der Waals surface area (Å²) in [5.41, 5.74) is 0.330. The summed E-state index contributed by atoms with van der Waals surface area (Å²) in [5, 5.41) is 10.1. The third kappa shape index (κ3) is 5.84. The summed E-state index contributed by atoms with van der Waals surface area (Å²) < 4.78 is 0. The Kier molecular flexibility index (Phi) is 5.42. The molecule has 2 unspecified atom stereocenters. The number of likely N-dealkylation sites (N-methyl/N-ethyl adjacent to an activating group) is 2. The van der Waals surface area contributed by atoms with Crippen LogP contribution in [0.3, 0.4) is 0 Å². The van der Waals surface area contributed by atoms with Gasteiger partial charge in [0.2, 0.25) is 0 Å². The minimum atomic E-state index is -0.145. The van der Waals surface area contributed by atoms with E-state index in [0.717, 1.165) is 38.9 Å². The summed E-state index contributed by atoms with van der Waals surface area (Å²) in [6, 6.07) is 0.517. The monoisotopic (exact) mass is 242 g/mol. The van der Waals surface area contributed by atoms with Crippen LogP contribution in [0, 0.1) is 5.41 Å². The maximum atomic E-state index is 10.1. The van der Waals surface area contributed by atoms with Crippen molar-refractivity contribution in [1.29, 1.82) is 0 Å². The Morgan fingerprint density at radius 1 is 1.24 bits per heavy atom. The molecule has 3 heteroatoms. The Hall–Kier alpha value is -0.120. The normalized spacial score (nSPS) is 26.1. The van der Waals surface area contributed by atoms with Crippen molar-refractivity contribution < 1.29 is 5.11 Å². The molecule has 0 aliphatic carbocycles. The molecule has 0 aromatic rings. The summed E-state index contributed by atoms with van der Waals surface area (Å²) in [4.78, 5) is 4.75. The molecule has 1 saturated heterocycles. The lowest BCUT2D eigenvalue weighted by Gasteiger charge is -2.38. The van der Waals surface area contributed by atoms with Crippen molar-refractivity contribution in [2.24, 2.45) is 5.41 Å². The van der Waals surface area contributed by atoms with Crippen LogP contribution < -0.4 is 0 Å². The van der Waals surface area contributed by atoms with E-state index in [9.17, 15) is 5.11 Å². The van der Waals surface area contributed by atoms with Gasteiger partial charge in [-0.3, -0.25) is 0 Å². The molecule has 102 valence electrons. The molecule has 1 aliphatic heterocycles. The van der Waals surface area contributed by atoms with Crippen LogP contribution in [0.25, 0.3) is 0 Å². The maximum absolute atomic E-state index is 10.1. The SMILES string of the molecule is CN1CCN(C)C(CC(O)CCC(C)(C)C)C1. The second-order valence-corrected chi connectivity index (χ2v) is 6.89. The van der Waals surface area contributed by atoms with Gasteiger partial charge in [-0.25, -0.2) is 0 Å². The molecule has 17 heavy (non-hydrogen) atoms. The predicted octanol–water partition coefficient (Wildman–Crippen LogP) is 1.81. The van der Waals surface area contributed by atoms with Gasteiger partial charge >= 0.3 is 0 Å². The van der Waals surface area contributed by atoms with Crippen molar-refractivity contribution in [1.82, 2.24) is 9.80 Å². The van der Waals surface area contributed by atoms with Crippen molar-refractivity contribution in [2.45, 2.75) is 52.2 Å². The molecule has 0 amide bonds. The number of hydrogen-bond acceptors (Lipinski definition) is 3. The fourth-order valence-corrected chi connectivity index (χ4v) is 2.39. The lowest BCUT2D eigenvalue weighted by atomic mass is 9.88. The average molecular weight is 242 g/mol. The zero-order chi connectivity index (χ0) is 13.1. The molecule has 0 aromatic carbocycles. The topological polar surface area (TPSA) is 26.7 Å². The zero-order valence-electron chi connectivity index (χ0n) is 12.2. The predicted molar refractivity (Wildman–Crippen MR) is 73.2 cm³/mol. The van der Waals surface area contributed by atoms with Gasteiger partial charge in [0, 0.05) is 25.7 Å². The number of rotatable bonds is 4. The van der Waals surface area contributed by atoms with E-state index in [4.69, 9.17) is 0 Å². The Balaban J connectivity index is 2.31. The van der Waals surface area contributed by atoms with E-state index in [1.165, 1.54) is 0 Å². The highest BCUT2D eigenvalue weighted by Gasteiger charge is 2.25. The van der Waals surface area contributed by atoms with E-state index in [2.05, 4.69) is 44.7 Å². The molecule has 1 N–H and O–H groups in total. The molecule has 0 bridgehead atoms. The van der Waals surface area contributed by atoms with Gasteiger partial charge in [0.05, 0.1) is 6.10 Å². The van der Waals surface area contributed by atoms with Crippen molar-refractivity contribution in [3.8, 4) is 0 Å². The molecule has 1 fully saturated rings. The fraction of sp³-hybridized carbons (Fsp3) is 1.00. The number of nitrogens with zero attached hydrogens (tertiary/aromatic N) is 2. The second kappa shape index (κ2) is 6.17. The lowest BCUT2D eigenvalue weighted by Crippen LogP contribution is -2.51. The van der Waals surface area contributed by atoms with Gasteiger partial charge in [0.15, 0.2) is 0 Å². The highest BCUT2D eigenvalue weighted by molar-refractivity contribution is 4.81. The van der Waals surface area contributed by atoms with Crippen molar-refractivity contribution in [3.63, 3.8) is 0 Å². The molecule has 1 heterocycles. The van der Waals surface area contributed by atoms with Crippen molar-refractivity contribution in [2.75, 3.05) is 33.7 Å². The molecule has 0 saturated carbocycles. The number of aliphatic hydroxyl groups excluding tert-OH is 1. The van der Waals surface area contributed by atoms with Crippen molar-refractivity contribution in [3.05, 3.63) is 0 Å². The van der Waals surface area contributed by atoms with Gasteiger partial charge in [-0.1, -0.05) is 20.8 Å². The molecule has 1 aliphatic rings. The summed E-state index contributed by atoms with van der Waals surface area (Å²) in [7, 11) is 4.34. The first-order chi connectivity index (χ1) is 7.78. The van der Waals surface area contributed by atoms with Crippen LogP contribution in [0.4, 0.5) is 0 Å². The van der Waals surface area contributed by atoms with Crippen LogP contribution in [0.1, 0.15) is 40.0 Å². The molecule has 1 rings (SSSR count). The van der Waals surface area contributed by atoms with Crippen LogP contribution in [-0.2, 0) is 0 Å². The first-order valence-corrected chi connectivity index (χ1v) is 6.85. The zero-order valence-corrected chi connectivity index (χ0v) is 12.2. The lowest BCUT2D eigenvalue weighted by molar-refractivity contribution is 0.0557. The Morgan fingerprint density at radius 2 is 1.88 bits per heavy atom. The Bertz CT molecular complexity index is 225. The van der Waals surface area contributed by atoms with Crippen molar-refractivity contribution >= 4 is 0 Å². The highest BCUT2D eigenvalue weighted by atomic mass is 16.3. The molecule has 0 spiro atoms. The standard InChI is InChI=1S/C14H30N2O/c1-14(2,3)7-6-13(17)10-12-11-15(4)8-9-16(12)5/h12-13,17H,6-11H2,1-5H3. The third-order valence-electron chi connectivity index (χ3n) is 3.75. The van der Waals surface area contributed by atoms with Crippen LogP contribution in [0.2, 0.25) is 0 Å². The van der Waals surface area contributed by atoms with Crippen LogP contribution in [0.5, 0.6) is 0 Å². The van der Waals surface area contributed by atoms with Gasteiger partial charge in [0.1, 0.15) is 0 Å². The first-order valence-electron chi connectivity index (χ1n) is 6.85. The van der Waals surface area contributed by atoms with E-state index in [1.807, 2.05) is 0 Å². The van der Waals surface area contributed by atoms with Crippen LogP contribution in [0.15, 0.2) is 0 Å². The van der Waals surface area contributed by atoms with Gasteiger partial charge < -0.3 is 14.9 Å². The smallest absolute Gasteiger partial charge is 0.0555 e. The molecule has 0 radical (unpaired) electrons. The largest absolute Gasteiger partial charge is 0.393 e. The van der Waals surface area contributed by atoms with E-state index in [-0.39, 0.29) is 6.10 Å². The molecule has 2 atom stereocenters. The number of piperazine rings is 1. The van der Waals surface area contributed by atoms with E-state index >= 15 is 0 Å². The van der Waals surface area contributed by atoms with Gasteiger partial charge in [-0.15, -0.1) is 0 Å². The number of aliphatic hydroxyl groups is 1. The maximum Gasteiger partial charge on any atom is 0.0555 e. The Labute approximate surface area is 107 Å². The van der Waals surface area contributed by atoms with Gasteiger partial charge in [-0.2, -0.15) is 0 Å². The third-order valence-corrected chi connectivity index (χ3v) is 3.75. The highest BCUT2D eigenvalue weighted by Crippen LogP contribution is 2.23. The van der Waals surface area contributed by atoms with E-state index in [1.54, 1.807) is 0 Å². The minimum Gasteiger partial charge on any atom is -0.393 e. The Morgan fingerprint density at radius 3 is 2.47 bits per heavy atom. The average Bonchev–Trinajstić information content (AvgIpc) is 2.20.